The molecule has 0 N–H and O–H groups in total. The van der Waals surface area contributed by atoms with E-state index in [4.69, 9.17) is 0 Å². The molecule has 0 aliphatic rings. The molecule has 0 saturated heterocycles. The Labute approximate surface area is 131 Å². The van der Waals surface area contributed by atoms with Gasteiger partial charge in [-0.2, -0.15) is 0 Å². The number of aromatic nitrogens is 2. The number of aryl methyl sites for hydroxylation is 1. The average Bonchev–Trinajstić information content (AvgIpc) is 2.85. The normalized spacial score (nSPS) is 11.6. The fourth-order valence-electron chi connectivity index (χ4n) is 3.14. The number of fused-ring (bicyclic) bond motifs is 3. The predicted molar refractivity (Wildman–Crippen MR) is 91.6 cm³/mol. The molecule has 22 heavy (non-hydrogen) atoms. The first kappa shape index (κ1) is 14.8. The van der Waals surface area contributed by atoms with Gasteiger partial charge in [-0.25, -0.2) is 4.98 Å². The Morgan fingerprint density at radius 3 is 2.68 bits per heavy atom. The van der Waals surface area contributed by atoms with E-state index in [1.54, 1.807) is 0 Å². The van der Waals surface area contributed by atoms with Gasteiger partial charge in [0.1, 0.15) is 5.69 Å². The van der Waals surface area contributed by atoms with Crippen LogP contribution in [0.25, 0.3) is 21.8 Å². The van der Waals surface area contributed by atoms with Crippen molar-refractivity contribution in [3.63, 3.8) is 0 Å². The van der Waals surface area contributed by atoms with Crippen LogP contribution in [0, 0.1) is 0 Å². The van der Waals surface area contributed by atoms with Gasteiger partial charge in [-0.3, -0.25) is 4.79 Å². The SMILES string of the molecule is CCCCn1c2ccccc2c2cc(C=O)nc(C(C)C)c21. The number of hydrogen-bond donors (Lipinski definition) is 0. The molecule has 0 fully saturated rings. The van der Waals surface area contributed by atoms with Crippen molar-refractivity contribution in [3.8, 4) is 0 Å². The molecule has 0 atom stereocenters. The largest absolute Gasteiger partial charge is 0.339 e. The number of rotatable bonds is 5. The van der Waals surface area contributed by atoms with Gasteiger partial charge < -0.3 is 4.57 Å². The fraction of sp³-hybridized carbons (Fsp3) is 0.368. The zero-order chi connectivity index (χ0) is 15.7. The Morgan fingerprint density at radius 2 is 2.00 bits per heavy atom. The molecule has 3 heteroatoms. The van der Waals surface area contributed by atoms with Crippen LogP contribution in [0.2, 0.25) is 0 Å². The molecule has 114 valence electrons. The van der Waals surface area contributed by atoms with Gasteiger partial charge >= 0.3 is 0 Å². The third-order valence-corrected chi connectivity index (χ3v) is 4.20. The lowest BCUT2D eigenvalue weighted by Gasteiger charge is -2.12. The highest BCUT2D eigenvalue weighted by Gasteiger charge is 2.17. The fourth-order valence-corrected chi connectivity index (χ4v) is 3.14. The molecule has 0 amide bonds. The maximum Gasteiger partial charge on any atom is 0.168 e. The molecule has 3 aromatic rings. The van der Waals surface area contributed by atoms with E-state index in [9.17, 15) is 4.79 Å². The van der Waals surface area contributed by atoms with Crippen molar-refractivity contribution in [2.75, 3.05) is 0 Å². The van der Waals surface area contributed by atoms with Crippen molar-refractivity contribution in [1.82, 2.24) is 9.55 Å². The molecule has 0 bridgehead atoms. The van der Waals surface area contributed by atoms with Gasteiger partial charge in [-0.1, -0.05) is 45.4 Å². The van der Waals surface area contributed by atoms with Gasteiger partial charge in [-0.05, 0) is 24.5 Å². The monoisotopic (exact) mass is 294 g/mol. The molecule has 2 aromatic heterocycles. The van der Waals surface area contributed by atoms with E-state index >= 15 is 0 Å². The van der Waals surface area contributed by atoms with Crippen LogP contribution in [0.15, 0.2) is 30.3 Å². The molecule has 0 saturated carbocycles. The van der Waals surface area contributed by atoms with Crippen LogP contribution >= 0.6 is 0 Å². The van der Waals surface area contributed by atoms with Crippen LogP contribution in [-0.4, -0.2) is 15.8 Å². The number of nitrogens with zero attached hydrogens (tertiary/aromatic N) is 2. The van der Waals surface area contributed by atoms with Crippen molar-refractivity contribution in [3.05, 3.63) is 41.7 Å². The van der Waals surface area contributed by atoms with Crippen LogP contribution < -0.4 is 0 Å². The first-order valence-corrected chi connectivity index (χ1v) is 8.04. The Kier molecular flexibility index (Phi) is 3.97. The first-order chi connectivity index (χ1) is 10.7. The van der Waals surface area contributed by atoms with Crippen molar-refractivity contribution in [1.29, 1.82) is 0 Å². The number of carbonyl (C=O) groups is 1. The maximum atomic E-state index is 11.3. The molecule has 0 unspecified atom stereocenters. The van der Waals surface area contributed by atoms with Crippen molar-refractivity contribution in [2.24, 2.45) is 0 Å². The zero-order valence-electron chi connectivity index (χ0n) is 13.5. The first-order valence-electron chi connectivity index (χ1n) is 8.04. The Hall–Kier alpha value is -2.16. The summed E-state index contributed by atoms with van der Waals surface area (Å²) in [5.74, 6) is 0.284. The smallest absolute Gasteiger partial charge is 0.168 e. The van der Waals surface area contributed by atoms with Gasteiger partial charge in [0.25, 0.3) is 0 Å². The summed E-state index contributed by atoms with van der Waals surface area (Å²) in [6.45, 7) is 7.47. The highest BCUT2D eigenvalue weighted by atomic mass is 16.1. The van der Waals surface area contributed by atoms with E-state index in [0.717, 1.165) is 36.8 Å². The minimum atomic E-state index is 0.284. The number of unbranched alkanes of at least 4 members (excludes halogenated alkanes) is 1. The summed E-state index contributed by atoms with van der Waals surface area (Å²) in [5, 5.41) is 2.36. The van der Waals surface area contributed by atoms with E-state index in [2.05, 4.69) is 54.6 Å². The average molecular weight is 294 g/mol. The van der Waals surface area contributed by atoms with Crippen molar-refractivity contribution >= 4 is 28.1 Å². The lowest BCUT2D eigenvalue weighted by atomic mass is 10.1. The van der Waals surface area contributed by atoms with Gasteiger partial charge in [-0.15, -0.1) is 0 Å². The standard InChI is InChI=1S/C19H22N2O/c1-4-5-10-21-17-9-7-6-8-15(17)16-11-14(12-22)20-18(13(2)3)19(16)21/h6-9,11-13H,4-5,10H2,1-3H3. The second-order valence-corrected chi connectivity index (χ2v) is 6.12. The van der Waals surface area contributed by atoms with E-state index in [1.807, 2.05) is 6.07 Å². The Morgan fingerprint density at radius 1 is 1.23 bits per heavy atom. The summed E-state index contributed by atoms with van der Waals surface area (Å²) in [4.78, 5) is 15.9. The third-order valence-electron chi connectivity index (χ3n) is 4.20. The van der Waals surface area contributed by atoms with Gasteiger partial charge in [0.15, 0.2) is 6.29 Å². The van der Waals surface area contributed by atoms with E-state index < -0.39 is 0 Å². The van der Waals surface area contributed by atoms with Gasteiger partial charge in [0.05, 0.1) is 11.2 Å². The highest BCUT2D eigenvalue weighted by molar-refractivity contribution is 6.09. The van der Waals surface area contributed by atoms with Crippen LogP contribution in [0.1, 0.15) is 55.7 Å². The number of hydrogen-bond acceptors (Lipinski definition) is 2. The number of carbonyl (C=O) groups excluding carboxylic acids is 1. The second kappa shape index (κ2) is 5.91. The Bertz CT molecular complexity index is 830. The van der Waals surface area contributed by atoms with E-state index in [1.165, 1.54) is 16.4 Å². The molecular formula is C19H22N2O. The molecule has 1 aromatic carbocycles. The molecule has 0 aliphatic carbocycles. The van der Waals surface area contributed by atoms with Crippen LogP contribution in [-0.2, 0) is 6.54 Å². The maximum absolute atomic E-state index is 11.3. The predicted octanol–water partition coefficient (Wildman–Crippen LogP) is 4.93. The van der Waals surface area contributed by atoms with Gasteiger partial charge in [0.2, 0.25) is 0 Å². The van der Waals surface area contributed by atoms with Crippen LogP contribution in [0.5, 0.6) is 0 Å². The minimum Gasteiger partial charge on any atom is -0.339 e. The molecule has 2 heterocycles. The van der Waals surface area contributed by atoms with Crippen molar-refractivity contribution in [2.45, 2.75) is 46.1 Å². The molecule has 0 radical (unpaired) electrons. The summed E-state index contributed by atoms with van der Waals surface area (Å²) >= 11 is 0. The van der Waals surface area contributed by atoms with E-state index in [0.29, 0.717) is 5.69 Å². The van der Waals surface area contributed by atoms with Crippen LogP contribution in [0.4, 0.5) is 0 Å². The molecule has 3 nitrogen and oxygen atoms in total. The summed E-state index contributed by atoms with van der Waals surface area (Å²) in [6, 6.07) is 10.4. The highest BCUT2D eigenvalue weighted by Crippen LogP contribution is 2.33. The molecular weight excluding hydrogens is 272 g/mol. The number of pyridine rings is 1. The second-order valence-electron chi connectivity index (χ2n) is 6.12. The van der Waals surface area contributed by atoms with Crippen LogP contribution in [0.3, 0.4) is 0 Å². The minimum absolute atomic E-state index is 0.284. The molecule has 3 rings (SSSR count). The number of aldehydes is 1. The topological polar surface area (TPSA) is 34.9 Å². The summed E-state index contributed by atoms with van der Waals surface area (Å²) in [6.07, 6.45) is 3.15. The molecule has 0 aliphatic heterocycles. The lowest BCUT2D eigenvalue weighted by molar-refractivity contribution is 0.111. The summed E-state index contributed by atoms with van der Waals surface area (Å²) < 4.78 is 2.38. The van der Waals surface area contributed by atoms with Gasteiger partial charge in [0, 0.05) is 22.8 Å². The number of benzene rings is 1. The van der Waals surface area contributed by atoms with E-state index in [-0.39, 0.29) is 5.92 Å². The third kappa shape index (κ3) is 2.31. The molecule has 0 spiro atoms. The summed E-state index contributed by atoms with van der Waals surface area (Å²) in [7, 11) is 0. The Balaban J connectivity index is 2.44. The lowest BCUT2D eigenvalue weighted by Crippen LogP contribution is -2.04. The van der Waals surface area contributed by atoms with Crippen molar-refractivity contribution < 1.29 is 4.79 Å². The quantitative estimate of drug-likeness (QED) is 0.626. The summed E-state index contributed by atoms with van der Waals surface area (Å²) in [5.41, 5.74) is 3.97. The zero-order valence-corrected chi connectivity index (χ0v) is 13.5. The number of para-hydroxylation sites is 1.